The van der Waals surface area contributed by atoms with E-state index < -0.39 is 0 Å². The maximum absolute atomic E-state index is 11.5. The Morgan fingerprint density at radius 2 is 2.16 bits per heavy atom. The first-order valence-electron chi connectivity index (χ1n) is 6.92. The summed E-state index contributed by atoms with van der Waals surface area (Å²) in [6, 6.07) is 0.435. The van der Waals surface area contributed by atoms with Gasteiger partial charge in [0.2, 0.25) is 0 Å². The standard InChI is InChI=1S/C14H23N3O2/c1-11(2)17-10-15-8-13(17)9-16-6-4-12(5-7-16)14(18)19-3/h8,10-12H,4-7,9H2,1-3H3. The number of piperidine rings is 1. The number of carbonyl (C=O) groups is 1. The molecular formula is C14H23N3O2. The number of rotatable bonds is 4. The lowest BCUT2D eigenvalue weighted by Crippen LogP contribution is -2.36. The molecule has 0 aromatic carbocycles. The molecule has 0 amide bonds. The van der Waals surface area contributed by atoms with Gasteiger partial charge in [0.15, 0.2) is 0 Å². The van der Waals surface area contributed by atoms with Crippen LogP contribution < -0.4 is 0 Å². The average molecular weight is 265 g/mol. The molecule has 1 aliphatic heterocycles. The van der Waals surface area contributed by atoms with E-state index in [9.17, 15) is 4.79 Å². The van der Waals surface area contributed by atoms with E-state index >= 15 is 0 Å². The van der Waals surface area contributed by atoms with Gasteiger partial charge in [0, 0.05) is 18.8 Å². The van der Waals surface area contributed by atoms with Crippen LogP contribution in [0.3, 0.4) is 0 Å². The van der Waals surface area contributed by atoms with Crippen molar-refractivity contribution < 1.29 is 9.53 Å². The van der Waals surface area contributed by atoms with Crippen molar-refractivity contribution in [2.45, 2.75) is 39.3 Å². The van der Waals surface area contributed by atoms with Crippen molar-refractivity contribution in [2.75, 3.05) is 20.2 Å². The van der Waals surface area contributed by atoms with Crippen molar-refractivity contribution in [2.24, 2.45) is 5.92 Å². The van der Waals surface area contributed by atoms with E-state index in [-0.39, 0.29) is 11.9 Å². The van der Waals surface area contributed by atoms with Crippen LogP contribution in [0.4, 0.5) is 0 Å². The summed E-state index contributed by atoms with van der Waals surface area (Å²) in [7, 11) is 1.47. The van der Waals surface area contributed by atoms with Crippen molar-refractivity contribution in [1.29, 1.82) is 0 Å². The van der Waals surface area contributed by atoms with Crippen molar-refractivity contribution in [3.05, 3.63) is 18.2 Å². The van der Waals surface area contributed by atoms with Gasteiger partial charge in [-0.25, -0.2) is 4.98 Å². The van der Waals surface area contributed by atoms with Crippen LogP contribution in [0.15, 0.2) is 12.5 Å². The van der Waals surface area contributed by atoms with Crippen molar-refractivity contribution in [1.82, 2.24) is 14.5 Å². The minimum Gasteiger partial charge on any atom is -0.469 e. The number of nitrogens with zero attached hydrogens (tertiary/aromatic N) is 3. The number of aromatic nitrogens is 2. The van der Waals surface area contributed by atoms with Crippen LogP contribution in [0.25, 0.3) is 0 Å². The molecule has 5 nitrogen and oxygen atoms in total. The van der Waals surface area contributed by atoms with Crippen LogP contribution in [0, 0.1) is 5.92 Å². The molecule has 19 heavy (non-hydrogen) atoms. The zero-order valence-electron chi connectivity index (χ0n) is 12.0. The van der Waals surface area contributed by atoms with Crippen molar-refractivity contribution in [3.8, 4) is 0 Å². The second-order valence-corrected chi connectivity index (χ2v) is 5.46. The van der Waals surface area contributed by atoms with Crippen LogP contribution in [-0.4, -0.2) is 40.6 Å². The predicted molar refractivity (Wildman–Crippen MR) is 72.6 cm³/mol. The second-order valence-electron chi connectivity index (χ2n) is 5.46. The third-order valence-electron chi connectivity index (χ3n) is 3.81. The fourth-order valence-electron chi connectivity index (χ4n) is 2.64. The van der Waals surface area contributed by atoms with E-state index in [1.165, 1.54) is 12.8 Å². The molecular weight excluding hydrogens is 242 g/mol. The summed E-state index contributed by atoms with van der Waals surface area (Å²) in [5.74, 6) is 0.0168. The van der Waals surface area contributed by atoms with Gasteiger partial charge in [-0.05, 0) is 39.8 Å². The molecule has 1 fully saturated rings. The van der Waals surface area contributed by atoms with Crippen LogP contribution in [-0.2, 0) is 16.1 Å². The van der Waals surface area contributed by atoms with Gasteiger partial charge in [0.25, 0.3) is 0 Å². The first-order chi connectivity index (χ1) is 9.11. The Morgan fingerprint density at radius 3 is 2.74 bits per heavy atom. The summed E-state index contributed by atoms with van der Waals surface area (Å²) in [5.41, 5.74) is 1.24. The Morgan fingerprint density at radius 1 is 1.47 bits per heavy atom. The molecule has 1 aromatic rings. The molecule has 1 saturated heterocycles. The Bertz CT molecular complexity index is 420. The molecule has 0 bridgehead atoms. The first-order valence-corrected chi connectivity index (χ1v) is 6.92. The molecule has 0 aliphatic carbocycles. The molecule has 106 valence electrons. The zero-order chi connectivity index (χ0) is 13.8. The highest BCUT2D eigenvalue weighted by Gasteiger charge is 2.25. The summed E-state index contributed by atoms with van der Waals surface area (Å²) in [4.78, 5) is 18.1. The van der Waals surface area contributed by atoms with Gasteiger partial charge in [-0.1, -0.05) is 0 Å². The molecule has 0 saturated carbocycles. The van der Waals surface area contributed by atoms with Crippen LogP contribution in [0.1, 0.15) is 38.4 Å². The molecule has 0 spiro atoms. The number of imidazole rings is 1. The molecule has 0 radical (unpaired) electrons. The molecule has 2 heterocycles. The fraction of sp³-hybridized carbons (Fsp3) is 0.714. The number of methoxy groups -OCH3 is 1. The SMILES string of the molecule is COC(=O)C1CCN(Cc2cncn2C(C)C)CC1. The molecule has 0 N–H and O–H groups in total. The summed E-state index contributed by atoms with van der Waals surface area (Å²) in [5, 5.41) is 0. The van der Waals surface area contributed by atoms with E-state index in [1.54, 1.807) is 0 Å². The quantitative estimate of drug-likeness (QED) is 0.780. The predicted octanol–water partition coefficient (Wildman–Crippen LogP) is 1.85. The van der Waals surface area contributed by atoms with E-state index in [2.05, 4.69) is 28.3 Å². The molecule has 1 aromatic heterocycles. The minimum absolute atomic E-state index is 0.0631. The first kappa shape index (κ1) is 14.1. The molecule has 0 atom stereocenters. The average Bonchev–Trinajstić information content (AvgIpc) is 2.87. The summed E-state index contributed by atoms with van der Waals surface area (Å²) >= 11 is 0. The highest BCUT2D eigenvalue weighted by atomic mass is 16.5. The Labute approximate surface area is 114 Å². The van der Waals surface area contributed by atoms with Gasteiger partial charge >= 0.3 is 5.97 Å². The topological polar surface area (TPSA) is 47.4 Å². The highest BCUT2D eigenvalue weighted by Crippen LogP contribution is 2.20. The third-order valence-corrected chi connectivity index (χ3v) is 3.81. The number of carbonyl (C=O) groups excluding carboxylic acids is 1. The smallest absolute Gasteiger partial charge is 0.308 e. The molecule has 1 aliphatic rings. The van der Waals surface area contributed by atoms with Gasteiger partial charge in [0.1, 0.15) is 0 Å². The maximum atomic E-state index is 11.5. The summed E-state index contributed by atoms with van der Waals surface area (Å²) in [6.07, 6.45) is 5.61. The minimum atomic E-state index is -0.0631. The fourth-order valence-corrected chi connectivity index (χ4v) is 2.64. The summed E-state index contributed by atoms with van der Waals surface area (Å²) in [6.45, 7) is 7.13. The third kappa shape index (κ3) is 3.35. The molecule has 2 rings (SSSR count). The lowest BCUT2D eigenvalue weighted by Gasteiger charge is -2.30. The lowest BCUT2D eigenvalue weighted by atomic mass is 9.97. The lowest BCUT2D eigenvalue weighted by molar-refractivity contribution is -0.147. The van der Waals surface area contributed by atoms with Crippen LogP contribution in [0.5, 0.6) is 0 Å². The van der Waals surface area contributed by atoms with E-state index in [0.29, 0.717) is 6.04 Å². The van der Waals surface area contributed by atoms with Gasteiger partial charge in [-0.15, -0.1) is 0 Å². The largest absolute Gasteiger partial charge is 0.469 e. The number of likely N-dealkylation sites (tertiary alicyclic amines) is 1. The van der Waals surface area contributed by atoms with Gasteiger partial charge in [0.05, 0.1) is 25.0 Å². The van der Waals surface area contributed by atoms with E-state index in [4.69, 9.17) is 4.74 Å². The van der Waals surface area contributed by atoms with Gasteiger partial charge < -0.3 is 9.30 Å². The number of esters is 1. The summed E-state index contributed by atoms with van der Waals surface area (Å²) < 4.78 is 7.01. The monoisotopic (exact) mass is 265 g/mol. The van der Waals surface area contributed by atoms with Gasteiger partial charge in [-0.2, -0.15) is 0 Å². The molecule has 0 unspecified atom stereocenters. The van der Waals surface area contributed by atoms with Gasteiger partial charge in [-0.3, -0.25) is 9.69 Å². The van der Waals surface area contributed by atoms with Crippen molar-refractivity contribution >= 4 is 5.97 Å². The van der Waals surface area contributed by atoms with E-state index in [1.807, 2.05) is 12.5 Å². The number of hydrogen-bond acceptors (Lipinski definition) is 4. The Hall–Kier alpha value is -1.36. The Balaban J connectivity index is 1.89. The molecule has 5 heteroatoms. The van der Waals surface area contributed by atoms with Crippen LogP contribution in [0.2, 0.25) is 0 Å². The zero-order valence-corrected chi connectivity index (χ0v) is 12.0. The Kier molecular flexibility index (Phi) is 4.58. The number of ether oxygens (including phenoxy) is 1. The highest BCUT2D eigenvalue weighted by molar-refractivity contribution is 5.72. The second kappa shape index (κ2) is 6.19. The van der Waals surface area contributed by atoms with Crippen molar-refractivity contribution in [3.63, 3.8) is 0 Å². The normalized spacial score (nSPS) is 17.9. The van der Waals surface area contributed by atoms with Crippen LogP contribution >= 0.6 is 0 Å². The van der Waals surface area contributed by atoms with E-state index in [0.717, 1.165) is 32.5 Å². The number of hydrogen-bond donors (Lipinski definition) is 0. The maximum Gasteiger partial charge on any atom is 0.308 e.